The van der Waals surface area contributed by atoms with E-state index in [1.165, 1.54) is 0 Å². The molecule has 0 aliphatic carbocycles. The zero-order chi connectivity index (χ0) is 11.8. The molecule has 0 aromatic heterocycles. The molecule has 6 heteroatoms. The molecular weight excluding hydrogens is 206 g/mol. The summed E-state index contributed by atoms with van der Waals surface area (Å²) in [7, 11) is 0. The van der Waals surface area contributed by atoms with E-state index in [0.29, 0.717) is 4.90 Å². The van der Waals surface area contributed by atoms with Crippen LogP contribution in [-0.2, 0) is 9.59 Å². The predicted molar refractivity (Wildman–Crippen MR) is 49.0 cm³/mol. The molecule has 2 N–H and O–H groups in total. The van der Waals surface area contributed by atoms with Crippen molar-refractivity contribution < 1.29 is 18.4 Å². The third-order valence-electron chi connectivity index (χ3n) is 2.75. The summed E-state index contributed by atoms with van der Waals surface area (Å²) in [5, 5.41) is 0. The van der Waals surface area contributed by atoms with Gasteiger partial charge in [-0.15, -0.1) is 0 Å². The summed E-state index contributed by atoms with van der Waals surface area (Å²) in [6, 6.07) is 0. The van der Waals surface area contributed by atoms with Crippen molar-refractivity contribution in [3.8, 4) is 0 Å². The number of carbonyl (C=O) groups excluding carboxylic acids is 2. The van der Waals surface area contributed by atoms with Gasteiger partial charge in [-0.1, -0.05) is 13.8 Å². The Balaban J connectivity index is 2.80. The summed E-state index contributed by atoms with van der Waals surface area (Å²) in [5.74, 6) is -5.33. The lowest BCUT2D eigenvalue weighted by Crippen LogP contribution is -2.44. The van der Waals surface area contributed by atoms with E-state index in [9.17, 15) is 18.4 Å². The van der Waals surface area contributed by atoms with Gasteiger partial charge in [0.2, 0.25) is 11.8 Å². The quantitative estimate of drug-likeness (QED) is 0.692. The summed E-state index contributed by atoms with van der Waals surface area (Å²) in [6.07, 6.45) is 0. The molecule has 4 nitrogen and oxygen atoms in total. The van der Waals surface area contributed by atoms with E-state index in [4.69, 9.17) is 5.73 Å². The van der Waals surface area contributed by atoms with Crippen LogP contribution in [0.15, 0.2) is 0 Å². The average Bonchev–Trinajstić information content (AvgIpc) is 2.36. The fourth-order valence-electron chi connectivity index (χ4n) is 1.48. The van der Waals surface area contributed by atoms with Gasteiger partial charge in [0.1, 0.15) is 0 Å². The number of rotatable bonds is 3. The number of nitrogens with zero attached hydrogens (tertiary/aromatic N) is 1. The van der Waals surface area contributed by atoms with E-state index in [2.05, 4.69) is 0 Å². The summed E-state index contributed by atoms with van der Waals surface area (Å²) < 4.78 is 25.9. The van der Waals surface area contributed by atoms with Gasteiger partial charge < -0.3 is 5.73 Å². The van der Waals surface area contributed by atoms with Crippen molar-refractivity contribution in [3.63, 3.8) is 0 Å². The highest BCUT2D eigenvalue weighted by Crippen LogP contribution is 2.27. The second-order valence-corrected chi connectivity index (χ2v) is 3.90. The largest absolute Gasteiger partial charge is 0.325 e. The minimum Gasteiger partial charge on any atom is -0.325 e. The van der Waals surface area contributed by atoms with Crippen LogP contribution in [0.2, 0.25) is 0 Å². The Hall–Kier alpha value is -1.04. The molecule has 2 unspecified atom stereocenters. The molecular formula is C9H14F2N2O2. The Morgan fingerprint density at radius 3 is 2.00 bits per heavy atom. The molecule has 15 heavy (non-hydrogen) atoms. The van der Waals surface area contributed by atoms with Gasteiger partial charge in [0.05, 0.1) is 13.1 Å². The fourth-order valence-corrected chi connectivity index (χ4v) is 1.48. The summed E-state index contributed by atoms with van der Waals surface area (Å²) in [6.45, 7) is 1.35. The minimum absolute atomic E-state index is 0.522. The maximum Gasteiger partial charge on any atom is 0.277 e. The van der Waals surface area contributed by atoms with Gasteiger partial charge in [0.15, 0.2) is 0 Å². The normalized spacial score (nSPS) is 27.7. The Bertz CT molecular complexity index is 274. The molecule has 1 aliphatic rings. The van der Waals surface area contributed by atoms with Crippen molar-refractivity contribution in [3.05, 3.63) is 0 Å². The highest BCUT2D eigenvalue weighted by Gasteiger charge is 2.46. The van der Waals surface area contributed by atoms with E-state index in [0.717, 1.165) is 0 Å². The van der Waals surface area contributed by atoms with Crippen LogP contribution in [0.5, 0.6) is 0 Å². The fraction of sp³-hybridized carbons (Fsp3) is 0.778. The number of hydrogen-bond donors (Lipinski definition) is 1. The molecule has 2 atom stereocenters. The Morgan fingerprint density at radius 1 is 1.27 bits per heavy atom. The first-order valence-electron chi connectivity index (χ1n) is 4.73. The van der Waals surface area contributed by atoms with E-state index < -0.39 is 42.7 Å². The van der Waals surface area contributed by atoms with Crippen molar-refractivity contribution in [2.75, 3.05) is 13.1 Å². The van der Waals surface area contributed by atoms with Crippen molar-refractivity contribution >= 4 is 11.8 Å². The topological polar surface area (TPSA) is 63.4 Å². The van der Waals surface area contributed by atoms with Crippen molar-refractivity contribution in [1.29, 1.82) is 0 Å². The number of hydrogen-bond acceptors (Lipinski definition) is 3. The molecule has 0 aromatic rings. The average molecular weight is 220 g/mol. The number of halogens is 2. The van der Waals surface area contributed by atoms with Gasteiger partial charge in [0.25, 0.3) is 5.92 Å². The SMILES string of the molecule is CC1C(=O)N(CC(F)(F)CN)C(=O)C1C. The van der Waals surface area contributed by atoms with Crippen LogP contribution in [-0.4, -0.2) is 35.7 Å². The van der Waals surface area contributed by atoms with Crippen molar-refractivity contribution in [2.45, 2.75) is 19.8 Å². The number of nitrogens with two attached hydrogens (primary N) is 1. The lowest BCUT2D eigenvalue weighted by molar-refractivity contribution is -0.145. The number of carbonyl (C=O) groups is 2. The molecule has 2 amide bonds. The van der Waals surface area contributed by atoms with Crippen LogP contribution in [0.3, 0.4) is 0 Å². The van der Waals surface area contributed by atoms with Gasteiger partial charge >= 0.3 is 0 Å². The summed E-state index contributed by atoms with van der Waals surface area (Å²) in [4.78, 5) is 23.5. The van der Waals surface area contributed by atoms with Crippen LogP contribution < -0.4 is 5.73 Å². The number of alkyl halides is 2. The molecule has 1 fully saturated rings. The minimum atomic E-state index is -3.20. The molecule has 1 aliphatic heterocycles. The standard InChI is InChI=1S/C9H14F2N2O2/c1-5-6(2)8(15)13(7(5)14)4-9(10,11)3-12/h5-6H,3-4,12H2,1-2H3. The smallest absolute Gasteiger partial charge is 0.277 e. The Labute approximate surface area is 86.4 Å². The maximum absolute atomic E-state index is 12.9. The second kappa shape index (κ2) is 3.84. The van der Waals surface area contributed by atoms with E-state index in [-0.39, 0.29) is 0 Å². The molecule has 0 spiro atoms. The van der Waals surface area contributed by atoms with E-state index in [1.54, 1.807) is 13.8 Å². The summed E-state index contributed by atoms with van der Waals surface area (Å²) >= 11 is 0. The predicted octanol–water partition coefficient (Wildman–Crippen LogP) is 0.221. The van der Waals surface area contributed by atoms with E-state index >= 15 is 0 Å². The molecule has 1 saturated heterocycles. The first kappa shape index (κ1) is 12.0. The second-order valence-electron chi connectivity index (χ2n) is 3.90. The number of amides is 2. The highest BCUT2D eigenvalue weighted by molar-refractivity contribution is 6.04. The van der Waals surface area contributed by atoms with Gasteiger partial charge in [0, 0.05) is 11.8 Å². The highest BCUT2D eigenvalue weighted by atomic mass is 19.3. The molecule has 0 saturated carbocycles. The number of likely N-dealkylation sites (tertiary alicyclic amines) is 1. The monoisotopic (exact) mass is 220 g/mol. The van der Waals surface area contributed by atoms with Crippen LogP contribution in [0.25, 0.3) is 0 Å². The van der Waals surface area contributed by atoms with Crippen molar-refractivity contribution in [2.24, 2.45) is 17.6 Å². The summed E-state index contributed by atoms with van der Waals surface area (Å²) in [5.41, 5.74) is 4.85. The first-order valence-corrected chi connectivity index (χ1v) is 4.73. The third-order valence-corrected chi connectivity index (χ3v) is 2.75. The molecule has 1 heterocycles. The maximum atomic E-state index is 12.9. The van der Waals surface area contributed by atoms with Gasteiger partial charge in [-0.2, -0.15) is 0 Å². The first-order chi connectivity index (χ1) is 6.80. The zero-order valence-electron chi connectivity index (χ0n) is 8.67. The zero-order valence-corrected chi connectivity index (χ0v) is 8.67. The van der Waals surface area contributed by atoms with Crippen LogP contribution in [0.4, 0.5) is 8.78 Å². The molecule has 0 radical (unpaired) electrons. The van der Waals surface area contributed by atoms with Crippen LogP contribution in [0, 0.1) is 11.8 Å². The number of imide groups is 1. The lowest BCUT2D eigenvalue weighted by atomic mass is 10.00. The van der Waals surface area contributed by atoms with Gasteiger partial charge in [-0.3, -0.25) is 14.5 Å². The van der Waals surface area contributed by atoms with E-state index in [1.807, 2.05) is 0 Å². The lowest BCUT2D eigenvalue weighted by Gasteiger charge is -2.21. The van der Waals surface area contributed by atoms with Gasteiger partial charge in [-0.05, 0) is 0 Å². The Kier molecular flexibility index (Phi) is 3.08. The molecule has 1 rings (SSSR count). The molecule has 86 valence electrons. The van der Waals surface area contributed by atoms with Gasteiger partial charge in [-0.25, -0.2) is 8.78 Å². The van der Waals surface area contributed by atoms with Crippen LogP contribution in [0.1, 0.15) is 13.8 Å². The van der Waals surface area contributed by atoms with Crippen LogP contribution >= 0.6 is 0 Å². The molecule has 0 aromatic carbocycles. The Morgan fingerprint density at radius 2 is 1.67 bits per heavy atom. The molecule has 0 bridgehead atoms. The van der Waals surface area contributed by atoms with Crippen molar-refractivity contribution in [1.82, 2.24) is 4.90 Å². The third kappa shape index (κ3) is 2.14.